The first kappa shape index (κ1) is 22.6. The van der Waals surface area contributed by atoms with E-state index in [0.717, 1.165) is 48.6 Å². The summed E-state index contributed by atoms with van der Waals surface area (Å²) < 4.78 is 2.41. The third kappa shape index (κ3) is 5.42. The topological polar surface area (TPSA) is 46.9 Å². The zero-order valence-corrected chi connectivity index (χ0v) is 20.2. The SMILES string of the molecule is CCCCNC(=O)c1cc(-c2csc(C3CCCCC3)n2)n(CC2CCCCC2)c1C. The van der Waals surface area contributed by atoms with Crippen molar-refractivity contribution in [3.8, 4) is 11.4 Å². The number of nitrogens with zero attached hydrogens (tertiary/aromatic N) is 2. The van der Waals surface area contributed by atoms with Crippen molar-refractivity contribution in [3.63, 3.8) is 0 Å². The van der Waals surface area contributed by atoms with Gasteiger partial charge in [-0.15, -0.1) is 11.3 Å². The van der Waals surface area contributed by atoms with Crippen LogP contribution in [-0.2, 0) is 6.54 Å². The van der Waals surface area contributed by atoms with E-state index in [1.54, 1.807) is 0 Å². The van der Waals surface area contributed by atoms with Crippen LogP contribution >= 0.6 is 11.3 Å². The fourth-order valence-electron chi connectivity index (χ4n) is 5.37. The zero-order valence-electron chi connectivity index (χ0n) is 19.4. The Kier molecular flexibility index (Phi) is 7.86. The normalized spacial score (nSPS) is 18.4. The number of rotatable bonds is 8. The number of aromatic nitrogens is 2. The number of nitrogens with one attached hydrogen (secondary N) is 1. The second-order valence-corrected chi connectivity index (χ2v) is 10.5. The molecule has 1 N–H and O–H groups in total. The van der Waals surface area contributed by atoms with Crippen LogP contribution in [-0.4, -0.2) is 22.0 Å². The Morgan fingerprint density at radius 1 is 1.13 bits per heavy atom. The monoisotopic (exact) mass is 441 g/mol. The summed E-state index contributed by atoms with van der Waals surface area (Å²) in [7, 11) is 0. The fourth-order valence-corrected chi connectivity index (χ4v) is 6.35. The van der Waals surface area contributed by atoms with Crippen LogP contribution in [0.4, 0.5) is 0 Å². The summed E-state index contributed by atoms with van der Waals surface area (Å²) in [6, 6.07) is 2.11. The first-order chi connectivity index (χ1) is 15.2. The van der Waals surface area contributed by atoms with Crippen LogP contribution in [0.3, 0.4) is 0 Å². The lowest BCUT2D eigenvalue weighted by Gasteiger charge is -2.24. The number of carbonyl (C=O) groups excluding carboxylic acids is 1. The number of carbonyl (C=O) groups is 1. The Hall–Kier alpha value is -1.62. The van der Waals surface area contributed by atoms with Crippen molar-refractivity contribution < 1.29 is 4.79 Å². The molecule has 4 rings (SSSR count). The molecule has 0 unspecified atom stereocenters. The molecule has 0 spiro atoms. The van der Waals surface area contributed by atoms with Crippen LogP contribution in [0.5, 0.6) is 0 Å². The quantitative estimate of drug-likeness (QED) is 0.445. The van der Waals surface area contributed by atoms with Gasteiger partial charge in [-0.3, -0.25) is 4.79 Å². The van der Waals surface area contributed by atoms with E-state index in [0.29, 0.717) is 11.8 Å². The van der Waals surface area contributed by atoms with Gasteiger partial charge in [-0.1, -0.05) is 51.9 Å². The van der Waals surface area contributed by atoms with Gasteiger partial charge < -0.3 is 9.88 Å². The van der Waals surface area contributed by atoms with Gasteiger partial charge >= 0.3 is 0 Å². The highest BCUT2D eigenvalue weighted by atomic mass is 32.1. The molecule has 2 aliphatic carbocycles. The fraction of sp³-hybridized carbons (Fsp3) is 0.692. The molecular formula is C26H39N3OS. The molecule has 0 bridgehead atoms. The summed E-state index contributed by atoms with van der Waals surface area (Å²) in [5, 5.41) is 6.65. The number of unbranched alkanes of at least 4 members (excludes halogenated alkanes) is 1. The van der Waals surface area contributed by atoms with Gasteiger partial charge in [-0.05, 0) is 51.0 Å². The van der Waals surface area contributed by atoms with E-state index in [4.69, 9.17) is 4.98 Å². The first-order valence-corrected chi connectivity index (χ1v) is 13.5. The predicted molar refractivity (Wildman–Crippen MR) is 130 cm³/mol. The lowest BCUT2D eigenvalue weighted by atomic mass is 9.89. The first-order valence-electron chi connectivity index (χ1n) is 12.6. The van der Waals surface area contributed by atoms with E-state index in [-0.39, 0.29) is 5.91 Å². The lowest BCUT2D eigenvalue weighted by molar-refractivity contribution is 0.0952. The molecule has 2 saturated carbocycles. The lowest BCUT2D eigenvalue weighted by Crippen LogP contribution is -2.25. The van der Waals surface area contributed by atoms with Gasteiger partial charge in [-0.25, -0.2) is 4.98 Å². The summed E-state index contributed by atoms with van der Waals surface area (Å²) in [5.74, 6) is 1.41. The van der Waals surface area contributed by atoms with Crippen molar-refractivity contribution in [2.75, 3.05) is 6.54 Å². The van der Waals surface area contributed by atoms with Crippen molar-refractivity contribution in [2.45, 2.75) is 103 Å². The van der Waals surface area contributed by atoms with Crippen LogP contribution in [0, 0.1) is 12.8 Å². The molecule has 2 aromatic rings. The molecule has 0 aromatic carbocycles. The van der Waals surface area contributed by atoms with E-state index in [1.165, 1.54) is 69.2 Å². The van der Waals surface area contributed by atoms with Crippen molar-refractivity contribution in [2.24, 2.45) is 5.92 Å². The van der Waals surface area contributed by atoms with E-state index < -0.39 is 0 Å². The molecule has 0 radical (unpaired) electrons. The third-order valence-corrected chi connectivity index (χ3v) is 8.34. The van der Waals surface area contributed by atoms with Crippen LogP contribution in [0.15, 0.2) is 11.4 Å². The summed E-state index contributed by atoms with van der Waals surface area (Å²) >= 11 is 1.82. The standard InChI is InChI=1S/C26H39N3OS/c1-3-4-15-27-25(30)22-16-24(29(19(22)2)17-20-11-7-5-8-12-20)23-18-31-26(28-23)21-13-9-6-10-14-21/h16,18,20-21H,3-15,17H2,1-2H3,(H,27,30). The van der Waals surface area contributed by atoms with Crippen LogP contribution in [0.2, 0.25) is 0 Å². The van der Waals surface area contributed by atoms with E-state index >= 15 is 0 Å². The minimum Gasteiger partial charge on any atom is -0.352 e. The highest BCUT2D eigenvalue weighted by Crippen LogP contribution is 2.37. The van der Waals surface area contributed by atoms with Gasteiger partial charge in [0.05, 0.1) is 22.0 Å². The van der Waals surface area contributed by atoms with Crippen molar-refractivity contribution in [1.82, 2.24) is 14.9 Å². The molecule has 2 heterocycles. The maximum Gasteiger partial charge on any atom is 0.253 e. The predicted octanol–water partition coefficient (Wildman–Crippen LogP) is 7.08. The number of hydrogen-bond donors (Lipinski definition) is 1. The summed E-state index contributed by atoms with van der Waals surface area (Å²) in [5.41, 5.74) is 4.13. The van der Waals surface area contributed by atoms with Crippen LogP contribution < -0.4 is 5.32 Å². The molecule has 0 saturated heterocycles. The molecule has 5 heteroatoms. The summed E-state index contributed by atoms with van der Waals surface area (Å²) in [6.45, 7) is 6.04. The van der Waals surface area contributed by atoms with Crippen LogP contribution in [0.25, 0.3) is 11.4 Å². The number of amides is 1. The Morgan fingerprint density at radius 2 is 1.84 bits per heavy atom. The van der Waals surface area contributed by atoms with Gasteiger partial charge in [0.2, 0.25) is 0 Å². The van der Waals surface area contributed by atoms with Crippen molar-refractivity contribution in [1.29, 1.82) is 0 Å². The zero-order chi connectivity index (χ0) is 21.6. The maximum atomic E-state index is 12.9. The molecule has 2 fully saturated rings. The average molecular weight is 442 g/mol. The molecule has 31 heavy (non-hydrogen) atoms. The number of hydrogen-bond acceptors (Lipinski definition) is 3. The molecule has 2 aromatic heterocycles. The second kappa shape index (κ2) is 10.8. The van der Waals surface area contributed by atoms with Crippen LogP contribution in [0.1, 0.15) is 111 Å². The van der Waals surface area contributed by atoms with Gasteiger partial charge in [0, 0.05) is 30.1 Å². The molecule has 2 aliphatic rings. The van der Waals surface area contributed by atoms with E-state index in [2.05, 4.69) is 35.2 Å². The molecule has 170 valence electrons. The molecule has 0 atom stereocenters. The van der Waals surface area contributed by atoms with Gasteiger partial charge in [0.25, 0.3) is 5.91 Å². The largest absolute Gasteiger partial charge is 0.352 e. The summed E-state index contributed by atoms with van der Waals surface area (Å²) in [6.07, 6.45) is 15.4. The highest BCUT2D eigenvalue weighted by Gasteiger charge is 2.24. The molecular weight excluding hydrogens is 402 g/mol. The minimum absolute atomic E-state index is 0.0670. The average Bonchev–Trinajstić information content (AvgIpc) is 3.41. The highest BCUT2D eigenvalue weighted by molar-refractivity contribution is 7.10. The Bertz CT molecular complexity index is 856. The van der Waals surface area contributed by atoms with Gasteiger partial charge in [0.1, 0.15) is 0 Å². The van der Waals surface area contributed by atoms with Crippen molar-refractivity contribution in [3.05, 3.63) is 27.7 Å². The smallest absolute Gasteiger partial charge is 0.253 e. The summed E-state index contributed by atoms with van der Waals surface area (Å²) in [4.78, 5) is 18.1. The van der Waals surface area contributed by atoms with E-state index in [1.807, 2.05) is 11.3 Å². The molecule has 1 amide bonds. The second-order valence-electron chi connectivity index (χ2n) is 9.66. The Balaban J connectivity index is 1.61. The third-order valence-electron chi connectivity index (χ3n) is 7.33. The Morgan fingerprint density at radius 3 is 2.55 bits per heavy atom. The van der Waals surface area contributed by atoms with Gasteiger partial charge in [0.15, 0.2) is 0 Å². The number of thiazole rings is 1. The molecule has 0 aliphatic heterocycles. The van der Waals surface area contributed by atoms with E-state index in [9.17, 15) is 4.79 Å². The Labute approximate surface area is 191 Å². The molecule has 4 nitrogen and oxygen atoms in total. The van der Waals surface area contributed by atoms with Crippen molar-refractivity contribution >= 4 is 17.2 Å². The van der Waals surface area contributed by atoms with Gasteiger partial charge in [-0.2, -0.15) is 0 Å². The minimum atomic E-state index is 0.0670. The maximum absolute atomic E-state index is 12.9.